The molecule has 0 unspecified atom stereocenters. The Morgan fingerprint density at radius 3 is 2.23 bits per heavy atom. The average molecular weight is 347 g/mol. The van der Waals surface area contributed by atoms with Crippen molar-refractivity contribution in [2.75, 3.05) is 0 Å². The zero-order valence-electron chi connectivity index (χ0n) is 16.0. The maximum Gasteiger partial charge on any atom is 0.261 e. The molecule has 0 amide bonds. The highest BCUT2D eigenvalue weighted by atomic mass is 16.3. The zero-order valence-corrected chi connectivity index (χ0v) is 16.0. The standard InChI is InChI=1S/C23H25NO2/c1-16-22(2,3)18-13-9-10-14-19(18)24(16)21(23(4,5)26)15-20(25)17-11-7-6-8-12-17/h6-14,26H,1-5H3. The van der Waals surface area contributed by atoms with E-state index in [2.05, 4.69) is 25.6 Å². The van der Waals surface area contributed by atoms with Crippen LogP contribution < -0.4 is 5.11 Å². The van der Waals surface area contributed by atoms with Gasteiger partial charge in [-0.15, -0.1) is 0 Å². The van der Waals surface area contributed by atoms with E-state index in [0.29, 0.717) is 11.3 Å². The molecule has 0 radical (unpaired) electrons. The van der Waals surface area contributed by atoms with Crippen molar-refractivity contribution in [1.82, 2.24) is 0 Å². The van der Waals surface area contributed by atoms with E-state index in [1.807, 2.05) is 47.9 Å². The highest BCUT2D eigenvalue weighted by Crippen LogP contribution is 2.42. The Morgan fingerprint density at radius 1 is 1.04 bits per heavy atom. The molecule has 0 aromatic heterocycles. The van der Waals surface area contributed by atoms with Crippen molar-refractivity contribution in [3.05, 3.63) is 77.2 Å². The summed E-state index contributed by atoms with van der Waals surface area (Å²) in [6.07, 6.45) is 0. The Labute approximate surface area is 155 Å². The summed E-state index contributed by atoms with van der Waals surface area (Å²) in [7, 11) is 0. The van der Waals surface area contributed by atoms with Gasteiger partial charge < -0.3 is 10.2 Å². The van der Waals surface area contributed by atoms with Gasteiger partial charge in [-0.2, -0.15) is 4.58 Å². The van der Waals surface area contributed by atoms with Gasteiger partial charge >= 0.3 is 0 Å². The predicted octanol–water partition coefficient (Wildman–Crippen LogP) is 3.74. The number of nitrogens with zero attached hydrogens (tertiary/aromatic N) is 1. The lowest BCUT2D eigenvalue weighted by Crippen LogP contribution is -2.32. The van der Waals surface area contributed by atoms with E-state index in [9.17, 15) is 10.2 Å². The van der Waals surface area contributed by atoms with E-state index in [1.54, 1.807) is 26.0 Å². The molecule has 3 rings (SSSR count). The van der Waals surface area contributed by atoms with Gasteiger partial charge in [-0.25, -0.2) is 0 Å². The predicted molar refractivity (Wildman–Crippen MR) is 103 cm³/mol. The summed E-state index contributed by atoms with van der Waals surface area (Å²) in [5.74, 6) is -0.238. The summed E-state index contributed by atoms with van der Waals surface area (Å²) in [5.41, 5.74) is 5.78. The Kier molecular flexibility index (Phi) is 4.39. The maximum atomic E-state index is 12.8. The third-order valence-corrected chi connectivity index (χ3v) is 5.13. The van der Waals surface area contributed by atoms with Crippen LogP contribution in [0.4, 0.5) is 5.69 Å². The second kappa shape index (κ2) is 6.28. The first-order valence-electron chi connectivity index (χ1n) is 8.84. The maximum absolute atomic E-state index is 12.8. The quantitative estimate of drug-likeness (QED) is 0.522. The minimum absolute atomic E-state index is 0.190. The largest absolute Gasteiger partial charge is 0.866 e. The average Bonchev–Trinajstić information content (AvgIpc) is 2.80. The van der Waals surface area contributed by atoms with Crippen LogP contribution in [0.1, 0.15) is 45.7 Å². The van der Waals surface area contributed by atoms with E-state index in [4.69, 9.17) is 0 Å². The Balaban J connectivity index is 2.33. The fourth-order valence-corrected chi connectivity index (χ4v) is 3.39. The Hall–Kier alpha value is -2.61. The number of rotatable bonds is 3. The van der Waals surface area contributed by atoms with Crippen molar-refractivity contribution in [3.8, 4) is 0 Å². The lowest BCUT2D eigenvalue weighted by atomic mass is 9.82. The highest BCUT2D eigenvalue weighted by Gasteiger charge is 2.47. The summed E-state index contributed by atoms with van der Waals surface area (Å²) in [5, 5.41) is 23.6. The van der Waals surface area contributed by atoms with Crippen LogP contribution >= 0.6 is 0 Å². The molecule has 0 saturated carbocycles. The molecule has 3 nitrogen and oxygen atoms in total. The van der Waals surface area contributed by atoms with Gasteiger partial charge in [0.1, 0.15) is 0 Å². The number of fused-ring (bicyclic) bond motifs is 1. The molecule has 2 aromatic carbocycles. The number of hydrogen-bond donors (Lipinski definition) is 1. The van der Waals surface area contributed by atoms with Crippen molar-refractivity contribution in [2.45, 2.75) is 45.6 Å². The van der Waals surface area contributed by atoms with Crippen LogP contribution in [0, 0.1) is 0 Å². The molecule has 3 heteroatoms. The normalized spacial score (nSPS) is 15.5. The number of hydrogen-bond acceptors (Lipinski definition) is 2. The van der Waals surface area contributed by atoms with E-state index in [1.165, 1.54) is 5.56 Å². The molecule has 0 fully saturated rings. The lowest BCUT2D eigenvalue weighted by Gasteiger charge is -2.18. The van der Waals surface area contributed by atoms with Crippen LogP contribution in [0.15, 0.2) is 66.0 Å². The summed E-state index contributed by atoms with van der Waals surface area (Å²) in [6, 6.07) is 17.1. The van der Waals surface area contributed by atoms with Gasteiger partial charge in [0.15, 0.2) is 11.3 Å². The molecule has 1 N–H and O–H groups in total. The van der Waals surface area contributed by atoms with Gasteiger partial charge in [-0.05, 0) is 39.0 Å². The smallest absolute Gasteiger partial charge is 0.261 e. The molecular weight excluding hydrogens is 322 g/mol. The summed E-state index contributed by atoms with van der Waals surface area (Å²) >= 11 is 0. The molecule has 0 atom stereocenters. The Morgan fingerprint density at radius 2 is 1.62 bits per heavy atom. The van der Waals surface area contributed by atoms with E-state index in [0.717, 1.165) is 11.4 Å². The summed E-state index contributed by atoms with van der Waals surface area (Å²) in [6.45, 7) is 9.73. The van der Waals surface area contributed by atoms with Crippen LogP contribution in [-0.4, -0.2) is 21.0 Å². The topological polar surface area (TPSA) is 46.3 Å². The van der Waals surface area contributed by atoms with Crippen molar-refractivity contribution in [1.29, 1.82) is 0 Å². The van der Waals surface area contributed by atoms with Crippen LogP contribution in [0.25, 0.3) is 5.76 Å². The fourth-order valence-electron chi connectivity index (χ4n) is 3.39. The first-order chi connectivity index (χ1) is 12.1. The van der Waals surface area contributed by atoms with Gasteiger partial charge in [0.25, 0.3) is 5.70 Å². The molecule has 1 aliphatic rings. The minimum Gasteiger partial charge on any atom is -0.866 e. The first kappa shape index (κ1) is 18.2. The van der Waals surface area contributed by atoms with Crippen LogP contribution in [0.3, 0.4) is 0 Å². The van der Waals surface area contributed by atoms with E-state index < -0.39 is 5.60 Å². The molecule has 134 valence electrons. The monoisotopic (exact) mass is 347 g/mol. The summed E-state index contributed by atoms with van der Waals surface area (Å²) in [4.78, 5) is 0. The molecule has 26 heavy (non-hydrogen) atoms. The van der Waals surface area contributed by atoms with Crippen molar-refractivity contribution in [3.63, 3.8) is 0 Å². The van der Waals surface area contributed by atoms with E-state index >= 15 is 0 Å². The van der Waals surface area contributed by atoms with Gasteiger partial charge in [0.2, 0.25) is 5.69 Å². The Bertz CT molecular complexity index is 938. The van der Waals surface area contributed by atoms with E-state index in [-0.39, 0.29) is 11.2 Å². The number of para-hydroxylation sites is 1. The lowest BCUT2D eigenvalue weighted by molar-refractivity contribution is -0.402. The second-order valence-electron chi connectivity index (χ2n) is 7.79. The molecule has 1 heterocycles. The highest BCUT2D eigenvalue weighted by molar-refractivity contribution is 5.93. The van der Waals surface area contributed by atoms with Crippen LogP contribution in [-0.2, 0) is 5.41 Å². The van der Waals surface area contributed by atoms with Crippen molar-refractivity contribution >= 4 is 17.2 Å². The molecular formula is C23H25NO2. The van der Waals surface area contributed by atoms with Crippen molar-refractivity contribution in [2.24, 2.45) is 0 Å². The third-order valence-electron chi connectivity index (χ3n) is 5.13. The molecule has 1 aliphatic heterocycles. The number of aliphatic hydroxyl groups is 1. The molecule has 0 bridgehead atoms. The molecule has 0 aliphatic carbocycles. The SMILES string of the molecule is CC1=[N+](C(=C=C([O-])c2ccccc2)C(C)(C)O)c2ccccc2C1(C)C. The summed E-state index contributed by atoms with van der Waals surface area (Å²) < 4.78 is 1.98. The molecule has 2 aromatic rings. The third kappa shape index (κ3) is 3.01. The number of benzene rings is 2. The van der Waals surface area contributed by atoms with Crippen molar-refractivity contribution < 1.29 is 14.8 Å². The van der Waals surface area contributed by atoms with Crippen LogP contribution in [0.2, 0.25) is 0 Å². The second-order valence-corrected chi connectivity index (χ2v) is 7.79. The van der Waals surface area contributed by atoms with Gasteiger partial charge in [-0.3, -0.25) is 0 Å². The van der Waals surface area contributed by atoms with Gasteiger partial charge in [0, 0.05) is 18.6 Å². The van der Waals surface area contributed by atoms with Crippen LogP contribution in [0.5, 0.6) is 0 Å². The van der Waals surface area contributed by atoms with Gasteiger partial charge in [-0.1, -0.05) is 54.3 Å². The first-order valence-corrected chi connectivity index (χ1v) is 8.84. The molecule has 0 saturated heterocycles. The van der Waals surface area contributed by atoms with Gasteiger partial charge in [0.05, 0.1) is 5.41 Å². The minimum atomic E-state index is -1.22. The fraction of sp³-hybridized carbons (Fsp3) is 0.304. The zero-order chi connectivity index (χ0) is 19.1. The molecule has 0 spiro atoms.